The van der Waals surface area contributed by atoms with Gasteiger partial charge in [0.25, 0.3) is 0 Å². The largest absolute Gasteiger partial charge is 0.573 e. The highest BCUT2D eigenvalue weighted by molar-refractivity contribution is 5.68. The van der Waals surface area contributed by atoms with E-state index in [1.807, 2.05) is 24.3 Å². The lowest BCUT2D eigenvalue weighted by atomic mass is 9.76. The van der Waals surface area contributed by atoms with Gasteiger partial charge in [0.15, 0.2) is 0 Å². The summed E-state index contributed by atoms with van der Waals surface area (Å²) < 4.78 is 54.6. The number of hydrogen-bond donors (Lipinski definition) is 1. The summed E-state index contributed by atoms with van der Waals surface area (Å²) in [4.78, 5) is 0. The van der Waals surface area contributed by atoms with Crippen LogP contribution in [0.1, 0.15) is 42.3 Å². The minimum Gasteiger partial charge on any atom is -0.472 e. The third-order valence-corrected chi connectivity index (χ3v) is 6.48. The van der Waals surface area contributed by atoms with E-state index in [0.717, 1.165) is 41.6 Å². The summed E-state index contributed by atoms with van der Waals surface area (Å²) in [5.41, 5.74) is 3.19. The van der Waals surface area contributed by atoms with E-state index in [0.29, 0.717) is 13.0 Å². The molecule has 3 atom stereocenters. The predicted octanol–water partition coefficient (Wildman–Crippen LogP) is 6.21. The molecule has 1 N–H and O–H groups in total. The second-order valence-corrected chi connectivity index (χ2v) is 8.49. The molecule has 2 aliphatic rings. The van der Waals surface area contributed by atoms with Crippen LogP contribution in [-0.2, 0) is 4.74 Å². The normalized spacial score (nSPS) is 25.8. The van der Waals surface area contributed by atoms with Crippen LogP contribution < -0.4 is 10.1 Å². The van der Waals surface area contributed by atoms with E-state index in [1.165, 1.54) is 12.1 Å². The molecule has 0 aliphatic carbocycles. The number of hydrogen-bond acceptors (Lipinski definition) is 4. The summed E-state index contributed by atoms with van der Waals surface area (Å²) >= 11 is 0. The molecule has 7 heteroatoms. The first kappa shape index (κ1) is 21.1. The highest BCUT2D eigenvalue weighted by atomic mass is 19.4. The zero-order chi connectivity index (χ0) is 22.2. The van der Waals surface area contributed by atoms with E-state index < -0.39 is 12.0 Å². The van der Waals surface area contributed by atoms with Crippen LogP contribution in [0.3, 0.4) is 0 Å². The molecule has 1 spiro atoms. The van der Waals surface area contributed by atoms with E-state index in [4.69, 9.17) is 9.15 Å². The average molecular weight is 443 g/mol. The van der Waals surface area contributed by atoms with Gasteiger partial charge in [0.1, 0.15) is 5.75 Å². The number of nitrogens with one attached hydrogen (secondary N) is 1. The molecule has 0 amide bonds. The van der Waals surface area contributed by atoms with E-state index in [1.54, 1.807) is 18.6 Å². The fourth-order valence-electron chi connectivity index (χ4n) is 5.16. The maximum absolute atomic E-state index is 12.9. The Morgan fingerprint density at radius 1 is 1.06 bits per heavy atom. The van der Waals surface area contributed by atoms with Crippen LogP contribution in [0.2, 0.25) is 0 Å². The van der Waals surface area contributed by atoms with Crippen molar-refractivity contribution in [3.05, 3.63) is 78.3 Å². The topological polar surface area (TPSA) is 43.6 Å². The van der Waals surface area contributed by atoms with E-state index in [2.05, 4.69) is 22.2 Å². The molecule has 2 saturated heterocycles. The number of rotatable bonds is 4. The SMILES string of the molecule is FC(F)(F)Oc1ccc(-c2ccoc2)c([C@H]2CO[C@]3(CCCN[C@H]3c3ccccc3)C2)c1. The molecule has 5 rings (SSSR count). The summed E-state index contributed by atoms with van der Waals surface area (Å²) in [7, 11) is 0. The first-order valence-corrected chi connectivity index (χ1v) is 10.8. The van der Waals surface area contributed by atoms with Crippen molar-refractivity contribution in [1.29, 1.82) is 0 Å². The number of furan rings is 1. The Bertz CT molecular complexity index is 1050. The van der Waals surface area contributed by atoms with Crippen molar-refractivity contribution >= 4 is 0 Å². The van der Waals surface area contributed by atoms with Gasteiger partial charge in [-0.05, 0) is 60.7 Å². The highest BCUT2D eigenvalue weighted by Crippen LogP contribution is 2.50. The molecule has 1 aromatic heterocycles. The smallest absolute Gasteiger partial charge is 0.472 e. The van der Waals surface area contributed by atoms with Crippen molar-refractivity contribution in [2.24, 2.45) is 0 Å². The first-order valence-electron chi connectivity index (χ1n) is 10.8. The van der Waals surface area contributed by atoms with Gasteiger partial charge in [0.05, 0.1) is 30.8 Å². The highest BCUT2D eigenvalue weighted by Gasteiger charge is 2.49. The van der Waals surface area contributed by atoms with Crippen LogP contribution >= 0.6 is 0 Å². The zero-order valence-electron chi connectivity index (χ0n) is 17.4. The number of halogens is 3. The summed E-state index contributed by atoms with van der Waals surface area (Å²) in [5.74, 6) is -0.287. The summed E-state index contributed by atoms with van der Waals surface area (Å²) in [6.07, 6.45) is 1.01. The third-order valence-electron chi connectivity index (χ3n) is 6.48. The van der Waals surface area contributed by atoms with Crippen molar-refractivity contribution in [3.8, 4) is 16.9 Å². The van der Waals surface area contributed by atoms with Crippen LogP contribution in [-0.4, -0.2) is 25.1 Å². The molecule has 0 bridgehead atoms. The van der Waals surface area contributed by atoms with Crippen molar-refractivity contribution < 1.29 is 27.1 Å². The second-order valence-electron chi connectivity index (χ2n) is 8.49. The minimum absolute atomic E-state index is 0.0365. The van der Waals surface area contributed by atoms with Crippen molar-refractivity contribution in [2.75, 3.05) is 13.2 Å². The molecule has 2 aliphatic heterocycles. The predicted molar refractivity (Wildman–Crippen MR) is 113 cm³/mol. The number of benzene rings is 2. The number of piperidine rings is 1. The van der Waals surface area contributed by atoms with Gasteiger partial charge in [-0.15, -0.1) is 13.2 Å². The number of ether oxygens (including phenoxy) is 2. The lowest BCUT2D eigenvalue weighted by Crippen LogP contribution is -2.48. The molecule has 32 heavy (non-hydrogen) atoms. The monoisotopic (exact) mass is 443 g/mol. The fourth-order valence-corrected chi connectivity index (χ4v) is 5.16. The van der Waals surface area contributed by atoms with Gasteiger partial charge >= 0.3 is 6.36 Å². The van der Waals surface area contributed by atoms with Gasteiger partial charge in [-0.2, -0.15) is 0 Å². The Hall–Kier alpha value is -2.77. The molecule has 4 nitrogen and oxygen atoms in total. The second kappa shape index (κ2) is 8.30. The van der Waals surface area contributed by atoms with Gasteiger partial charge in [-0.3, -0.25) is 0 Å². The Labute approximate surface area is 184 Å². The quantitative estimate of drug-likeness (QED) is 0.521. The van der Waals surface area contributed by atoms with Gasteiger partial charge < -0.3 is 19.2 Å². The summed E-state index contributed by atoms with van der Waals surface area (Å²) in [6, 6.07) is 16.6. The molecule has 0 saturated carbocycles. The maximum Gasteiger partial charge on any atom is 0.573 e. The average Bonchev–Trinajstić information content (AvgIpc) is 3.45. The Balaban J connectivity index is 1.50. The van der Waals surface area contributed by atoms with Crippen LogP contribution in [0.15, 0.2) is 71.5 Å². The van der Waals surface area contributed by atoms with Gasteiger partial charge in [-0.25, -0.2) is 0 Å². The molecule has 0 unspecified atom stereocenters. The van der Waals surface area contributed by atoms with Gasteiger partial charge in [-0.1, -0.05) is 36.4 Å². The maximum atomic E-state index is 12.9. The molecular weight excluding hydrogens is 419 g/mol. The molecule has 3 aromatic rings. The van der Waals surface area contributed by atoms with E-state index >= 15 is 0 Å². The van der Waals surface area contributed by atoms with E-state index in [9.17, 15) is 13.2 Å². The van der Waals surface area contributed by atoms with E-state index in [-0.39, 0.29) is 17.7 Å². The molecule has 2 aromatic carbocycles. The molecular formula is C25H24F3NO3. The number of alkyl halides is 3. The van der Waals surface area contributed by atoms with Gasteiger partial charge in [0, 0.05) is 11.5 Å². The summed E-state index contributed by atoms with van der Waals surface area (Å²) in [5, 5.41) is 3.61. The van der Waals surface area contributed by atoms with Crippen molar-refractivity contribution in [2.45, 2.75) is 43.2 Å². The van der Waals surface area contributed by atoms with Crippen LogP contribution in [0.5, 0.6) is 5.75 Å². The molecule has 2 fully saturated rings. The Kier molecular flexibility index (Phi) is 5.47. The van der Waals surface area contributed by atoms with Crippen LogP contribution in [0.25, 0.3) is 11.1 Å². The third kappa shape index (κ3) is 4.14. The first-order chi connectivity index (χ1) is 15.4. The minimum atomic E-state index is -4.74. The van der Waals surface area contributed by atoms with Crippen LogP contribution in [0.4, 0.5) is 13.2 Å². The zero-order valence-corrected chi connectivity index (χ0v) is 17.4. The summed E-state index contributed by atoms with van der Waals surface area (Å²) in [6.45, 7) is 1.34. The fraction of sp³-hybridized carbons (Fsp3) is 0.360. The molecule has 168 valence electrons. The standard InChI is InChI=1S/C25H24F3NO3/c26-25(27,28)32-20-7-8-21(18-9-12-30-15-18)22(13-20)19-14-24(31-16-19)10-4-11-29-23(24)17-5-2-1-3-6-17/h1-3,5-9,12-13,15,19,23,29H,4,10-11,14,16H2/t19-,23+,24-/m1/s1. The van der Waals surface area contributed by atoms with Crippen molar-refractivity contribution in [3.63, 3.8) is 0 Å². The molecule has 3 heterocycles. The van der Waals surface area contributed by atoms with Gasteiger partial charge in [0.2, 0.25) is 0 Å². The lowest BCUT2D eigenvalue weighted by molar-refractivity contribution is -0.274. The van der Waals surface area contributed by atoms with Crippen LogP contribution in [0, 0.1) is 0 Å². The van der Waals surface area contributed by atoms with Crippen molar-refractivity contribution in [1.82, 2.24) is 5.32 Å². The lowest BCUT2D eigenvalue weighted by Gasteiger charge is -2.41. The molecule has 0 radical (unpaired) electrons. The Morgan fingerprint density at radius 3 is 2.66 bits per heavy atom. The Morgan fingerprint density at radius 2 is 1.91 bits per heavy atom.